The van der Waals surface area contributed by atoms with Gasteiger partial charge in [-0.1, -0.05) is 25.4 Å². The van der Waals surface area contributed by atoms with Crippen molar-refractivity contribution >= 4 is 28.5 Å². The van der Waals surface area contributed by atoms with E-state index in [9.17, 15) is 9.90 Å². The fourth-order valence-corrected chi connectivity index (χ4v) is 2.37. The predicted molar refractivity (Wildman–Crippen MR) is 90.0 cm³/mol. The Bertz CT molecular complexity index is 681. The highest BCUT2D eigenvalue weighted by molar-refractivity contribution is 6.31. The van der Waals surface area contributed by atoms with E-state index in [1.165, 1.54) is 0 Å². The Labute approximate surface area is 140 Å². The van der Waals surface area contributed by atoms with Crippen molar-refractivity contribution in [3.05, 3.63) is 34.5 Å². The van der Waals surface area contributed by atoms with E-state index in [4.69, 9.17) is 20.8 Å². The van der Waals surface area contributed by atoms with E-state index in [0.29, 0.717) is 23.1 Å². The Morgan fingerprint density at radius 3 is 2.83 bits per heavy atom. The van der Waals surface area contributed by atoms with Crippen LogP contribution in [0.4, 0.5) is 0 Å². The lowest BCUT2D eigenvalue weighted by atomic mass is 10.1. The molecular formula is C17H22ClNO4. The third-order valence-corrected chi connectivity index (χ3v) is 3.60. The van der Waals surface area contributed by atoms with Gasteiger partial charge in [0.1, 0.15) is 5.58 Å². The molecule has 1 unspecified atom stereocenters. The Balaban J connectivity index is 1.94. The zero-order chi connectivity index (χ0) is 17.0. The van der Waals surface area contributed by atoms with Crippen LogP contribution in [0.3, 0.4) is 0 Å². The van der Waals surface area contributed by atoms with Gasteiger partial charge in [0.25, 0.3) is 5.91 Å². The molecule has 0 saturated carbocycles. The van der Waals surface area contributed by atoms with Crippen LogP contribution in [0.2, 0.25) is 5.02 Å². The van der Waals surface area contributed by atoms with Gasteiger partial charge in [-0.25, -0.2) is 0 Å². The molecule has 0 saturated heterocycles. The number of halogens is 1. The first-order valence-electron chi connectivity index (χ1n) is 7.61. The molecule has 0 aliphatic rings. The minimum atomic E-state index is -0.753. The molecule has 0 fully saturated rings. The molecule has 1 atom stereocenters. The highest BCUT2D eigenvalue weighted by atomic mass is 35.5. The van der Waals surface area contributed by atoms with E-state index >= 15 is 0 Å². The number of hydrogen-bond acceptors (Lipinski definition) is 4. The maximum absolute atomic E-state index is 12.2. The Morgan fingerprint density at radius 2 is 2.13 bits per heavy atom. The standard InChI is InChI=1S/C17H22ClNO4/c1-10(2)8-22-9-13(20)7-19-17(21)16-11(3)14-6-12(18)4-5-15(14)23-16/h4-6,10,13,20H,7-9H2,1-3H3,(H,19,21). The number of aliphatic hydroxyl groups is 1. The fourth-order valence-electron chi connectivity index (χ4n) is 2.20. The summed E-state index contributed by atoms with van der Waals surface area (Å²) in [5.41, 5.74) is 1.34. The molecular weight excluding hydrogens is 318 g/mol. The topological polar surface area (TPSA) is 71.7 Å². The number of amides is 1. The van der Waals surface area contributed by atoms with E-state index < -0.39 is 6.10 Å². The second kappa shape index (κ2) is 7.81. The lowest BCUT2D eigenvalue weighted by molar-refractivity contribution is 0.0257. The van der Waals surface area contributed by atoms with Crippen molar-refractivity contribution < 1.29 is 19.1 Å². The van der Waals surface area contributed by atoms with Gasteiger partial charge in [0.05, 0.1) is 12.7 Å². The van der Waals surface area contributed by atoms with Crippen molar-refractivity contribution in [3.63, 3.8) is 0 Å². The summed E-state index contributed by atoms with van der Waals surface area (Å²) in [7, 11) is 0. The molecule has 2 aromatic rings. The molecule has 126 valence electrons. The van der Waals surface area contributed by atoms with Crippen LogP contribution in [0.25, 0.3) is 11.0 Å². The Hall–Kier alpha value is -1.56. The highest BCUT2D eigenvalue weighted by Gasteiger charge is 2.18. The van der Waals surface area contributed by atoms with E-state index in [0.717, 1.165) is 10.9 Å². The van der Waals surface area contributed by atoms with Gasteiger partial charge in [0.15, 0.2) is 5.76 Å². The molecule has 2 N–H and O–H groups in total. The second-order valence-corrected chi connectivity index (χ2v) is 6.43. The number of rotatable bonds is 7. The smallest absolute Gasteiger partial charge is 0.287 e. The summed E-state index contributed by atoms with van der Waals surface area (Å²) in [6.45, 7) is 6.74. The summed E-state index contributed by atoms with van der Waals surface area (Å²) in [5, 5.41) is 13.9. The van der Waals surface area contributed by atoms with E-state index in [2.05, 4.69) is 5.32 Å². The number of aliphatic hydroxyl groups excluding tert-OH is 1. The number of ether oxygens (including phenoxy) is 1. The summed E-state index contributed by atoms with van der Waals surface area (Å²) in [5.74, 6) is 0.275. The number of carbonyl (C=O) groups is 1. The molecule has 1 aromatic heterocycles. The van der Waals surface area contributed by atoms with E-state index in [1.807, 2.05) is 13.8 Å². The average molecular weight is 340 g/mol. The molecule has 0 radical (unpaired) electrons. The molecule has 2 rings (SSSR count). The van der Waals surface area contributed by atoms with Gasteiger partial charge in [-0.2, -0.15) is 0 Å². The molecule has 1 aromatic carbocycles. The van der Waals surface area contributed by atoms with Crippen molar-refractivity contribution in [2.45, 2.75) is 26.9 Å². The average Bonchev–Trinajstić information content (AvgIpc) is 2.81. The van der Waals surface area contributed by atoms with Crippen LogP contribution >= 0.6 is 11.6 Å². The highest BCUT2D eigenvalue weighted by Crippen LogP contribution is 2.27. The minimum absolute atomic E-state index is 0.105. The summed E-state index contributed by atoms with van der Waals surface area (Å²) in [6, 6.07) is 5.21. The van der Waals surface area contributed by atoms with Gasteiger partial charge in [0, 0.05) is 29.1 Å². The van der Waals surface area contributed by atoms with Crippen LogP contribution in [-0.2, 0) is 4.74 Å². The Kier molecular flexibility index (Phi) is 6.04. The number of fused-ring (bicyclic) bond motifs is 1. The van der Waals surface area contributed by atoms with Crippen molar-refractivity contribution in [2.75, 3.05) is 19.8 Å². The molecule has 1 amide bonds. The molecule has 0 aliphatic heterocycles. The molecule has 0 spiro atoms. The van der Waals surface area contributed by atoms with Gasteiger partial charge in [-0.05, 0) is 31.0 Å². The molecule has 1 heterocycles. The van der Waals surface area contributed by atoms with Gasteiger partial charge in [-0.3, -0.25) is 4.79 Å². The van der Waals surface area contributed by atoms with E-state index in [-0.39, 0.29) is 24.8 Å². The van der Waals surface area contributed by atoms with Crippen LogP contribution < -0.4 is 5.32 Å². The number of furan rings is 1. The maximum Gasteiger partial charge on any atom is 0.287 e. The SMILES string of the molecule is Cc1c(C(=O)NCC(O)COCC(C)C)oc2ccc(Cl)cc12. The van der Waals surface area contributed by atoms with Crippen LogP contribution in [-0.4, -0.2) is 36.9 Å². The molecule has 6 heteroatoms. The zero-order valence-electron chi connectivity index (χ0n) is 13.6. The van der Waals surface area contributed by atoms with Crippen LogP contribution in [0.1, 0.15) is 30.0 Å². The van der Waals surface area contributed by atoms with Gasteiger partial charge in [0.2, 0.25) is 0 Å². The fraction of sp³-hybridized carbons (Fsp3) is 0.471. The Morgan fingerprint density at radius 1 is 1.39 bits per heavy atom. The van der Waals surface area contributed by atoms with Crippen molar-refractivity contribution in [3.8, 4) is 0 Å². The summed E-state index contributed by atoms with van der Waals surface area (Å²) >= 11 is 5.96. The lowest BCUT2D eigenvalue weighted by Gasteiger charge is -2.13. The van der Waals surface area contributed by atoms with Crippen molar-refractivity contribution in [1.29, 1.82) is 0 Å². The van der Waals surface area contributed by atoms with Crippen molar-refractivity contribution in [2.24, 2.45) is 5.92 Å². The molecule has 5 nitrogen and oxygen atoms in total. The minimum Gasteiger partial charge on any atom is -0.451 e. The zero-order valence-corrected chi connectivity index (χ0v) is 14.3. The number of aryl methyl sites for hydroxylation is 1. The van der Waals surface area contributed by atoms with Crippen molar-refractivity contribution in [1.82, 2.24) is 5.32 Å². The van der Waals surface area contributed by atoms with E-state index in [1.54, 1.807) is 25.1 Å². The number of nitrogens with one attached hydrogen (secondary N) is 1. The summed E-state index contributed by atoms with van der Waals surface area (Å²) < 4.78 is 10.9. The molecule has 0 aliphatic carbocycles. The first-order valence-corrected chi connectivity index (χ1v) is 7.99. The third-order valence-electron chi connectivity index (χ3n) is 3.36. The summed E-state index contributed by atoms with van der Waals surface area (Å²) in [6.07, 6.45) is -0.753. The molecule has 0 bridgehead atoms. The van der Waals surface area contributed by atoms with Gasteiger partial charge in [-0.15, -0.1) is 0 Å². The van der Waals surface area contributed by atoms with Crippen LogP contribution in [0.15, 0.2) is 22.6 Å². The number of benzene rings is 1. The largest absolute Gasteiger partial charge is 0.451 e. The first kappa shape index (κ1) is 17.8. The second-order valence-electron chi connectivity index (χ2n) is 5.99. The molecule has 23 heavy (non-hydrogen) atoms. The summed E-state index contributed by atoms with van der Waals surface area (Å²) in [4.78, 5) is 12.2. The van der Waals surface area contributed by atoms with Gasteiger partial charge < -0.3 is 19.6 Å². The maximum atomic E-state index is 12.2. The number of hydrogen-bond donors (Lipinski definition) is 2. The van der Waals surface area contributed by atoms with Gasteiger partial charge >= 0.3 is 0 Å². The quantitative estimate of drug-likeness (QED) is 0.812. The third kappa shape index (κ3) is 4.70. The first-order chi connectivity index (χ1) is 10.9. The lowest BCUT2D eigenvalue weighted by Crippen LogP contribution is -2.34. The van der Waals surface area contributed by atoms with Crippen LogP contribution in [0, 0.1) is 12.8 Å². The normalized spacial score (nSPS) is 12.8. The monoisotopic (exact) mass is 339 g/mol. The van der Waals surface area contributed by atoms with Crippen LogP contribution in [0.5, 0.6) is 0 Å². The number of carbonyl (C=O) groups excluding carboxylic acids is 1. The predicted octanol–water partition coefficient (Wildman–Crippen LogP) is 3.16.